The molecule has 0 spiro atoms. The van der Waals surface area contributed by atoms with Crippen molar-refractivity contribution in [2.24, 2.45) is 7.05 Å². The second-order valence-corrected chi connectivity index (χ2v) is 9.88. The van der Waals surface area contributed by atoms with Gasteiger partial charge in [0, 0.05) is 55.5 Å². The fraction of sp³-hybridized carbons (Fsp3) is 0.345. The van der Waals surface area contributed by atoms with Crippen LogP contribution < -0.4 is 15.4 Å². The number of hydrogen-bond acceptors (Lipinski definition) is 9. The Hall–Kier alpha value is -4.58. The molecule has 12 heteroatoms. The number of halogens is 1. The van der Waals surface area contributed by atoms with E-state index in [2.05, 4.69) is 25.7 Å². The van der Waals surface area contributed by atoms with Gasteiger partial charge in [0.2, 0.25) is 5.95 Å². The molecule has 11 nitrogen and oxygen atoms in total. The van der Waals surface area contributed by atoms with Crippen LogP contribution in [-0.2, 0) is 21.3 Å². The van der Waals surface area contributed by atoms with Crippen LogP contribution in [0.4, 0.5) is 10.3 Å². The monoisotopic (exact) mass is 562 g/mol. The van der Waals surface area contributed by atoms with Gasteiger partial charge in [0.05, 0.1) is 31.0 Å². The molecule has 41 heavy (non-hydrogen) atoms. The number of nitrogens with zero attached hydrogens (tertiary/aromatic N) is 4. The van der Waals surface area contributed by atoms with Crippen LogP contribution in [0.1, 0.15) is 47.3 Å². The molecule has 0 saturated carbocycles. The van der Waals surface area contributed by atoms with Crippen molar-refractivity contribution in [3.63, 3.8) is 0 Å². The van der Waals surface area contributed by atoms with E-state index in [1.54, 1.807) is 54.6 Å². The maximum absolute atomic E-state index is 14.6. The number of aryl methyl sites for hydroxylation is 1. The van der Waals surface area contributed by atoms with Crippen molar-refractivity contribution in [3.8, 4) is 5.75 Å². The van der Waals surface area contributed by atoms with E-state index in [0.29, 0.717) is 41.2 Å². The molecule has 5 rings (SSSR count). The molecule has 3 atom stereocenters. The van der Waals surface area contributed by atoms with E-state index in [9.17, 15) is 14.0 Å². The minimum atomic E-state index is -0.650. The van der Waals surface area contributed by atoms with Crippen LogP contribution in [0.5, 0.6) is 5.75 Å². The van der Waals surface area contributed by atoms with Crippen molar-refractivity contribution in [1.82, 2.24) is 25.1 Å². The number of rotatable bonds is 9. The molecule has 1 aliphatic heterocycles. The van der Waals surface area contributed by atoms with Crippen LogP contribution in [0.3, 0.4) is 0 Å². The molecule has 3 heterocycles. The number of esters is 1. The molecule has 1 saturated heterocycles. The van der Waals surface area contributed by atoms with E-state index in [-0.39, 0.29) is 36.4 Å². The van der Waals surface area contributed by atoms with E-state index in [1.165, 1.54) is 26.2 Å². The molecule has 0 aliphatic carbocycles. The first kappa shape index (κ1) is 28.0. The summed E-state index contributed by atoms with van der Waals surface area (Å²) >= 11 is 0. The van der Waals surface area contributed by atoms with E-state index < -0.39 is 11.9 Å². The van der Waals surface area contributed by atoms with Gasteiger partial charge >= 0.3 is 5.97 Å². The molecule has 0 bridgehead atoms. The largest absolute Gasteiger partial charge is 0.494 e. The molecule has 214 valence electrons. The third kappa shape index (κ3) is 6.77. The summed E-state index contributed by atoms with van der Waals surface area (Å²) in [5.41, 5.74) is 2.22. The molecule has 2 aromatic heterocycles. The highest BCUT2D eigenvalue weighted by Gasteiger charge is 2.25. The first-order valence-corrected chi connectivity index (χ1v) is 13.2. The molecule has 0 radical (unpaired) electrons. The van der Waals surface area contributed by atoms with Crippen molar-refractivity contribution < 1.29 is 28.2 Å². The lowest BCUT2D eigenvalue weighted by molar-refractivity contribution is -0.146. The summed E-state index contributed by atoms with van der Waals surface area (Å²) in [4.78, 5) is 33.6. The third-order valence-corrected chi connectivity index (χ3v) is 6.86. The molecule has 1 amide bonds. The lowest BCUT2D eigenvalue weighted by Crippen LogP contribution is -2.37. The first-order valence-electron chi connectivity index (χ1n) is 13.2. The van der Waals surface area contributed by atoms with Crippen molar-refractivity contribution in [1.29, 1.82) is 0 Å². The Balaban J connectivity index is 1.34. The second-order valence-electron chi connectivity index (χ2n) is 9.88. The number of amides is 1. The van der Waals surface area contributed by atoms with Crippen LogP contribution in [0.25, 0.3) is 10.9 Å². The number of aromatic nitrogens is 4. The Kier molecular flexibility index (Phi) is 8.39. The molecule has 1 fully saturated rings. The normalized spacial score (nSPS) is 17.6. The number of carbonyl (C=O) groups is 2. The van der Waals surface area contributed by atoms with Crippen molar-refractivity contribution in [3.05, 3.63) is 77.5 Å². The summed E-state index contributed by atoms with van der Waals surface area (Å²) in [6, 6.07) is 9.14. The van der Waals surface area contributed by atoms with Crippen LogP contribution in [-0.4, -0.2) is 64.1 Å². The molecule has 4 aromatic rings. The lowest BCUT2D eigenvalue weighted by Gasteiger charge is -2.29. The fourth-order valence-electron chi connectivity index (χ4n) is 4.78. The van der Waals surface area contributed by atoms with Crippen LogP contribution in [0.2, 0.25) is 0 Å². The number of hydrogen-bond donors (Lipinski definition) is 2. The van der Waals surface area contributed by atoms with Gasteiger partial charge in [0.15, 0.2) is 11.6 Å². The minimum Gasteiger partial charge on any atom is -0.494 e. The highest BCUT2D eigenvalue weighted by atomic mass is 19.1. The summed E-state index contributed by atoms with van der Waals surface area (Å²) in [5, 5.41) is 11.3. The number of benzene rings is 2. The predicted molar refractivity (Wildman–Crippen MR) is 148 cm³/mol. The Labute approximate surface area is 236 Å². The number of anilines is 1. The average molecular weight is 563 g/mol. The maximum atomic E-state index is 14.6. The SMILES string of the molecule is COc1ccc(C(NC(=O)c2ccc3cnc(N[C@H]4CCO[C@H](COC(C)=O)C4)nc3c2)c2cnn(C)c2)cc1F. The van der Waals surface area contributed by atoms with E-state index >= 15 is 0 Å². The molecule has 2 N–H and O–H groups in total. The molecule has 2 aromatic carbocycles. The number of nitrogens with one attached hydrogen (secondary N) is 2. The summed E-state index contributed by atoms with van der Waals surface area (Å²) in [6.07, 6.45) is 6.28. The molecule has 1 unspecified atom stereocenters. The van der Waals surface area contributed by atoms with Gasteiger partial charge in [0.25, 0.3) is 5.91 Å². The second kappa shape index (κ2) is 12.3. The Morgan fingerprint density at radius 1 is 1.20 bits per heavy atom. The Morgan fingerprint density at radius 2 is 2.05 bits per heavy atom. The highest BCUT2D eigenvalue weighted by Crippen LogP contribution is 2.27. The lowest BCUT2D eigenvalue weighted by atomic mass is 10.0. The fourth-order valence-corrected chi connectivity index (χ4v) is 4.78. The molecular weight excluding hydrogens is 531 g/mol. The quantitative estimate of drug-likeness (QED) is 0.294. The Bertz CT molecular complexity index is 1560. The van der Waals surface area contributed by atoms with Crippen molar-refractivity contribution >= 4 is 28.7 Å². The summed E-state index contributed by atoms with van der Waals surface area (Å²) in [7, 11) is 3.17. The molecular formula is C29H31FN6O5. The van der Waals surface area contributed by atoms with Gasteiger partial charge in [-0.3, -0.25) is 14.3 Å². The zero-order chi connectivity index (χ0) is 28.9. The smallest absolute Gasteiger partial charge is 0.302 e. The standard InChI is InChI=1S/C29H31FN6O5/c1-17(37)41-16-23-12-22(8-9-40-23)33-29-31-13-20-5-4-19(11-25(20)34-29)28(38)35-27(21-14-32-36(2)15-21)18-6-7-26(39-3)24(30)10-18/h4-7,10-11,13-15,22-23,27H,8-9,12,16H2,1-3H3,(H,35,38)(H,31,33,34)/t22-,23-,27?/m0/s1. The average Bonchev–Trinajstić information content (AvgIpc) is 3.40. The van der Waals surface area contributed by atoms with Gasteiger partial charge in [-0.25, -0.2) is 14.4 Å². The number of ether oxygens (including phenoxy) is 3. The van der Waals surface area contributed by atoms with Gasteiger partial charge in [-0.1, -0.05) is 12.1 Å². The number of methoxy groups -OCH3 is 1. The zero-order valence-corrected chi connectivity index (χ0v) is 23.0. The molecule has 1 aliphatic rings. The topological polar surface area (TPSA) is 129 Å². The highest BCUT2D eigenvalue weighted by molar-refractivity contribution is 5.98. The third-order valence-electron chi connectivity index (χ3n) is 6.86. The van der Waals surface area contributed by atoms with Crippen LogP contribution >= 0.6 is 0 Å². The minimum absolute atomic E-state index is 0.0402. The number of fused-ring (bicyclic) bond motifs is 1. The zero-order valence-electron chi connectivity index (χ0n) is 23.0. The van der Waals surface area contributed by atoms with Crippen LogP contribution in [0, 0.1) is 5.82 Å². The van der Waals surface area contributed by atoms with Crippen molar-refractivity contribution in [2.45, 2.75) is 38.0 Å². The van der Waals surface area contributed by atoms with E-state index in [1.807, 2.05) is 0 Å². The maximum Gasteiger partial charge on any atom is 0.302 e. The predicted octanol–water partition coefficient (Wildman–Crippen LogP) is 3.55. The first-order chi connectivity index (χ1) is 19.8. The summed E-state index contributed by atoms with van der Waals surface area (Å²) < 4.78 is 32.0. The van der Waals surface area contributed by atoms with Crippen molar-refractivity contribution in [2.75, 3.05) is 25.6 Å². The summed E-state index contributed by atoms with van der Waals surface area (Å²) in [5.74, 6) is -0.690. The van der Waals surface area contributed by atoms with Gasteiger partial charge in [-0.05, 0) is 42.7 Å². The van der Waals surface area contributed by atoms with Gasteiger partial charge < -0.3 is 24.8 Å². The van der Waals surface area contributed by atoms with Crippen LogP contribution in [0.15, 0.2) is 55.0 Å². The number of carbonyl (C=O) groups excluding carboxylic acids is 2. The van der Waals surface area contributed by atoms with Gasteiger partial charge in [0.1, 0.15) is 6.61 Å². The van der Waals surface area contributed by atoms with Gasteiger partial charge in [-0.15, -0.1) is 0 Å². The van der Waals surface area contributed by atoms with Gasteiger partial charge in [-0.2, -0.15) is 5.10 Å². The Morgan fingerprint density at radius 3 is 2.78 bits per heavy atom. The van der Waals surface area contributed by atoms with E-state index in [0.717, 1.165) is 11.8 Å². The summed E-state index contributed by atoms with van der Waals surface area (Å²) in [6.45, 7) is 2.10. The van der Waals surface area contributed by atoms with E-state index in [4.69, 9.17) is 14.2 Å².